The summed E-state index contributed by atoms with van der Waals surface area (Å²) in [5, 5.41) is 11.3. The highest BCUT2D eigenvalue weighted by Crippen LogP contribution is 2.26. The van der Waals surface area contributed by atoms with Crippen molar-refractivity contribution < 1.29 is 13.2 Å². The maximum Gasteiger partial charge on any atom is 0.390 e. The van der Waals surface area contributed by atoms with E-state index >= 15 is 0 Å². The summed E-state index contributed by atoms with van der Waals surface area (Å²) in [4.78, 5) is 0. The molecule has 1 fully saturated rings. The molecule has 0 radical (unpaired) electrons. The number of hydrogen-bond donors (Lipinski definition) is 1. The minimum Gasteiger partial charge on any atom is -0.376 e. The van der Waals surface area contributed by atoms with Crippen LogP contribution in [-0.2, 0) is 0 Å². The lowest BCUT2D eigenvalue weighted by Gasteiger charge is -2.09. The number of hydrogen-bond acceptors (Lipinski definition) is 2. The summed E-state index contributed by atoms with van der Waals surface area (Å²) in [6.45, 7) is -0.212. The van der Waals surface area contributed by atoms with Crippen molar-refractivity contribution in [3.8, 4) is 6.07 Å². The first-order valence-electron chi connectivity index (χ1n) is 4.95. The van der Waals surface area contributed by atoms with E-state index in [2.05, 4.69) is 5.32 Å². The molecule has 1 N–H and O–H groups in total. The van der Waals surface area contributed by atoms with E-state index in [9.17, 15) is 13.2 Å². The summed E-state index contributed by atoms with van der Waals surface area (Å²) in [5.41, 5.74) is 1.32. The van der Waals surface area contributed by atoms with E-state index in [0.29, 0.717) is 5.70 Å². The summed E-state index contributed by atoms with van der Waals surface area (Å²) < 4.78 is 35.5. The van der Waals surface area contributed by atoms with Gasteiger partial charge < -0.3 is 5.32 Å². The highest BCUT2D eigenvalue weighted by molar-refractivity contribution is 5.27. The first-order chi connectivity index (χ1) is 7.03. The zero-order chi connectivity index (χ0) is 11.3. The predicted molar refractivity (Wildman–Crippen MR) is 49.8 cm³/mol. The van der Waals surface area contributed by atoms with E-state index in [1.165, 1.54) is 0 Å². The zero-order valence-electron chi connectivity index (χ0n) is 8.32. The third kappa shape index (κ3) is 4.24. The van der Waals surface area contributed by atoms with E-state index in [4.69, 9.17) is 5.26 Å². The maximum absolute atomic E-state index is 11.8. The molecule has 2 nitrogen and oxygen atoms in total. The first-order valence-corrected chi connectivity index (χ1v) is 4.95. The molecule has 0 unspecified atom stereocenters. The second-order valence-electron chi connectivity index (χ2n) is 3.59. The molecule has 0 amide bonds. The number of rotatable bonds is 3. The third-order valence-electron chi connectivity index (χ3n) is 2.38. The number of halogens is 3. The van der Waals surface area contributed by atoms with Gasteiger partial charge >= 0.3 is 6.18 Å². The van der Waals surface area contributed by atoms with Crippen molar-refractivity contribution in [2.75, 3.05) is 6.54 Å². The van der Waals surface area contributed by atoms with Crippen LogP contribution in [0.25, 0.3) is 0 Å². The molecule has 0 aliphatic heterocycles. The molecule has 1 saturated carbocycles. The van der Waals surface area contributed by atoms with Gasteiger partial charge in [-0.1, -0.05) is 0 Å². The molecule has 84 valence electrons. The van der Waals surface area contributed by atoms with Gasteiger partial charge in [-0.05, 0) is 31.3 Å². The lowest BCUT2D eigenvalue weighted by atomic mass is 10.2. The molecule has 5 heteroatoms. The number of nitrogens with zero attached hydrogens (tertiary/aromatic N) is 1. The monoisotopic (exact) mass is 218 g/mol. The highest BCUT2D eigenvalue weighted by atomic mass is 19.4. The Hall–Kier alpha value is -1.18. The predicted octanol–water partition coefficient (Wildman–Crippen LogP) is 2.88. The van der Waals surface area contributed by atoms with Crippen molar-refractivity contribution in [3.05, 3.63) is 11.3 Å². The Balaban J connectivity index is 2.42. The van der Waals surface area contributed by atoms with Crippen LogP contribution >= 0.6 is 0 Å². The molecule has 0 aromatic rings. The lowest BCUT2D eigenvalue weighted by Crippen LogP contribution is -2.21. The van der Waals surface area contributed by atoms with Gasteiger partial charge in [0.1, 0.15) is 11.8 Å². The SMILES string of the molecule is N#CC(NCCC(F)(F)F)=C1CCCC1. The molecule has 1 aliphatic rings. The van der Waals surface area contributed by atoms with Crippen LogP contribution in [0.5, 0.6) is 0 Å². The Morgan fingerprint density at radius 3 is 2.40 bits per heavy atom. The summed E-state index contributed by atoms with van der Waals surface area (Å²) in [7, 11) is 0. The average molecular weight is 218 g/mol. The van der Waals surface area contributed by atoms with Crippen molar-refractivity contribution in [1.82, 2.24) is 5.32 Å². The van der Waals surface area contributed by atoms with E-state index in [1.54, 1.807) is 0 Å². The fraction of sp³-hybridized carbons (Fsp3) is 0.700. The van der Waals surface area contributed by atoms with Crippen LogP contribution in [0.4, 0.5) is 13.2 Å². The largest absolute Gasteiger partial charge is 0.390 e. The molecule has 15 heavy (non-hydrogen) atoms. The van der Waals surface area contributed by atoms with E-state index in [1.807, 2.05) is 6.07 Å². The first kappa shape index (κ1) is 11.9. The van der Waals surface area contributed by atoms with Crippen LogP contribution in [0.1, 0.15) is 32.1 Å². The van der Waals surface area contributed by atoms with Crippen molar-refractivity contribution in [2.24, 2.45) is 0 Å². The van der Waals surface area contributed by atoms with Crippen molar-refractivity contribution in [2.45, 2.75) is 38.3 Å². The average Bonchev–Trinajstić information content (AvgIpc) is 2.63. The third-order valence-corrected chi connectivity index (χ3v) is 2.38. The summed E-state index contributed by atoms with van der Waals surface area (Å²) in [6.07, 6.45) is -1.33. The van der Waals surface area contributed by atoms with Crippen LogP contribution < -0.4 is 5.32 Å². The summed E-state index contributed by atoms with van der Waals surface area (Å²) >= 11 is 0. The summed E-state index contributed by atoms with van der Waals surface area (Å²) in [5.74, 6) is 0. The van der Waals surface area contributed by atoms with E-state index < -0.39 is 12.6 Å². The normalized spacial score (nSPS) is 16.3. The number of nitriles is 1. The number of alkyl halides is 3. The quantitative estimate of drug-likeness (QED) is 0.739. The second-order valence-corrected chi connectivity index (χ2v) is 3.59. The molecular formula is C10H13F3N2. The van der Waals surface area contributed by atoms with Crippen LogP contribution in [-0.4, -0.2) is 12.7 Å². The van der Waals surface area contributed by atoms with Crippen LogP contribution in [0, 0.1) is 11.3 Å². The summed E-state index contributed by atoms with van der Waals surface area (Å²) in [6, 6.07) is 1.93. The molecular weight excluding hydrogens is 205 g/mol. The van der Waals surface area contributed by atoms with Gasteiger partial charge in [0.25, 0.3) is 0 Å². The highest BCUT2D eigenvalue weighted by Gasteiger charge is 2.26. The van der Waals surface area contributed by atoms with Crippen LogP contribution in [0.15, 0.2) is 11.3 Å². The van der Waals surface area contributed by atoms with Gasteiger partial charge in [-0.15, -0.1) is 0 Å². The van der Waals surface area contributed by atoms with Gasteiger partial charge in [0.15, 0.2) is 0 Å². The standard InChI is InChI=1S/C10H13F3N2/c11-10(12,13)5-6-15-9(7-14)8-3-1-2-4-8/h15H,1-6H2. The van der Waals surface area contributed by atoms with Gasteiger partial charge in [-0.2, -0.15) is 18.4 Å². The minimum absolute atomic E-state index is 0.212. The topological polar surface area (TPSA) is 35.8 Å². The Labute approximate surface area is 86.8 Å². The van der Waals surface area contributed by atoms with Gasteiger partial charge in [0.05, 0.1) is 6.42 Å². The van der Waals surface area contributed by atoms with Crippen LogP contribution in [0.3, 0.4) is 0 Å². The Morgan fingerprint density at radius 2 is 1.93 bits per heavy atom. The van der Waals surface area contributed by atoms with Gasteiger partial charge in [-0.25, -0.2) is 0 Å². The smallest absolute Gasteiger partial charge is 0.376 e. The molecule has 0 aromatic heterocycles. The fourth-order valence-corrected chi connectivity index (χ4v) is 1.62. The van der Waals surface area contributed by atoms with Crippen LogP contribution in [0.2, 0.25) is 0 Å². The molecule has 1 rings (SSSR count). The Bertz CT molecular complexity index is 278. The van der Waals surface area contributed by atoms with Crippen molar-refractivity contribution >= 4 is 0 Å². The van der Waals surface area contributed by atoms with Gasteiger partial charge in [0, 0.05) is 6.54 Å². The Morgan fingerprint density at radius 1 is 1.33 bits per heavy atom. The molecule has 0 aromatic carbocycles. The van der Waals surface area contributed by atoms with Crippen molar-refractivity contribution in [3.63, 3.8) is 0 Å². The Kier molecular flexibility index (Phi) is 4.01. The van der Waals surface area contributed by atoms with E-state index in [-0.39, 0.29) is 6.54 Å². The molecule has 0 heterocycles. The second kappa shape index (κ2) is 5.06. The fourth-order valence-electron chi connectivity index (χ4n) is 1.62. The number of nitrogens with one attached hydrogen (secondary N) is 1. The minimum atomic E-state index is -4.16. The lowest BCUT2D eigenvalue weighted by molar-refractivity contribution is -0.133. The van der Waals surface area contributed by atoms with Gasteiger partial charge in [0.2, 0.25) is 0 Å². The zero-order valence-corrected chi connectivity index (χ0v) is 8.32. The van der Waals surface area contributed by atoms with Crippen molar-refractivity contribution in [1.29, 1.82) is 5.26 Å². The maximum atomic E-state index is 11.8. The van der Waals surface area contributed by atoms with Gasteiger partial charge in [-0.3, -0.25) is 0 Å². The molecule has 0 atom stereocenters. The molecule has 0 saturated heterocycles. The molecule has 0 bridgehead atoms. The molecule has 1 aliphatic carbocycles. The number of allylic oxidation sites excluding steroid dienone is 2. The molecule has 0 spiro atoms. The van der Waals surface area contributed by atoms with E-state index in [0.717, 1.165) is 31.3 Å².